The van der Waals surface area contributed by atoms with Crippen molar-refractivity contribution < 1.29 is 0 Å². The van der Waals surface area contributed by atoms with Gasteiger partial charge in [0.15, 0.2) is 0 Å². The highest BCUT2D eigenvalue weighted by atomic mass is 15.1. The minimum atomic E-state index is 0.853. The van der Waals surface area contributed by atoms with Crippen molar-refractivity contribution in [2.45, 2.75) is 32.1 Å². The smallest absolute Gasteiger partial charge is 0.0783 e. The predicted octanol–water partition coefficient (Wildman–Crippen LogP) is 3.17. The minimum absolute atomic E-state index is 0.853. The molecule has 0 aliphatic heterocycles. The lowest BCUT2D eigenvalue weighted by molar-refractivity contribution is -0.0325. The van der Waals surface area contributed by atoms with Crippen LogP contribution in [0.1, 0.15) is 32.1 Å². The highest BCUT2D eigenvalue weighted by Crippen LogP contribution is 2.56. The van der Waals surface area contributed by atoms with Crippen molar-refractivity contribution >= 4 is 11.4 Å². The predicted molar refractivity (Wildman–Crippen MR) is 82.5 cm³/mol. The average Bonchev–Trinajstić information content (AvgIpc) is 2.42. The normalized spacial score (nSPS) is 38.1. The fraction of sp³-hybridized carbons (Fsp3) is 0.706. The number of aromatic nitrogens is 1. The molecule has 0 saturated heterocycles. The average molecular weight is 271 g/mol. The molecule has 4 fully saturated rings. The fourth-order valence-electron chi connectivity index (χ4n) is 5.47. The van der Waals surface area contributed by atoms with Crippen LogP contribution in [0.2, 0.25) is 0 Å². The van der Waals surface area contributed by atoms with E-state index in [0.29, 0.717) is 0 Å². The van der Waals surface area contributed by atoms with E-state index in [1.54, 1.807) is 6.20 Å². The Morgan fingerprint density at radius 3 is 2.40 bits per heavy atom. The maximum Gasteiger partial charge on any atom is 0.0783 e. The first kappa shape index (κ1) is 12.5. The molecule has 4 aliphatic carbocycles. The largest absolute Gasteiger partial charge is 0.397 e. The summed E-state index contributed by atoms with van der Waals surface area (Å²) in [6.45, 7) is 1.16. The third-order valence-corrected chi connectivity index (χ3v) is 6.15. The number of pyridine rings is 1. The number of nitrogens with two attached hydrogens (primary N) is 1. The Morgan fingerprint density at radius 1 is 1.15 bits per heavy atom. The van der Waals surface area contributed by atoms with Crippen molar-refractivity contribution in [2.75, 3.05) is 24.2 Å². The molecule has 2 N–H and O–H groups in total. The lowest BCUT2D eigenvalue weighted by Gasteiger charge is -2.55. The zero-order valence-corrected chi connectivity index (χ0v) is 12.3. The molecule has 0 radical (unpaired) electrons. The maximum absolute atomic E-state index is 6.09. The number of hydrogen-bond acceptors (Lipinski definition) is 3. The summed E-state index contributed by atoms with van der Waals surface area (Å²) >= 11 is 0. The summed E-state index contributed by atoms with van der Waals surface area (Å²) in [6, 6.07) is 1.91. The van der Waals surface area contributed by atoms with Gasteiger partial charge in [0.1, 0.15) is 0 Å². The first-order chi connectivity index (χ1) is 9.70. The summed E-state index contributed by atoms with van der Waals surface area (Å²) in [5.74, 6) is 4.95. The second-order valence-corrected chi connectivity index (χ2v) is 7.41. The molecule has 0 unspecified atom stereocenters. The molecule has 1 aromatic rings. The molecule has 20 heavy (non-hydrogen) atoms. The Balaban J connectivity index is 1.50. The number of rotatable bonds is 3. The van der Waals surface area contributed by atoms with Gasteiger partial charge in [-0.2, -0.15) is 0 Å². The van der Waals surface area contributed by atoms with E-state index in [2.05, 4.69) is 16.9 Å². The van der Waals surface area contributed by atoms with Crippen molar-refractivity contribution in [3.8, 4) is 0 Å². The van der Waals surface area contributed by atoms with E-state index in [4.69, 9.17) is 5.73 Å². The van der Waals surface area contributed by atoms with Crippen LogP contribution < -0.4 is 10.6 Å². The van der Waals surface area contributed by atoms with E-state index in [1.165, 1.54) is 32.1 Å². The molecule has 1 heterocycles. The van der Waals surface area contributed by atoms with Crippen molar-refractivity contribution in [1.29, 1.82) is 0 Å². The third-order valence-electron chi connectivity index (χ3n) is 6.15. The van der Waals surface area contributed by atoms with Gasteiger partial charge in [-0.25, -0.2) is 0 Å². The molecule has 0 amide bonds. The van der Waals surface area contributed by atoms with Crippen LogP contribution in [0.25, 0.3) is 0 Å². The van der Waals surface area contributed by atoms with E-state index >= 15 is 0 Å². The van der Waals surface area contributed by atoms with Crippen LogP contribution >= 0.6 is 0 Å². The number of hydrogen-bond donors (Lipinski definition) is 1. The van der Waals surface area contributed by atoms with Crippen LogP contribution in [0.4, 0.5) is 11.4 Å². The van der Waals surface area contributed by atoms with Crippen molar-refractivity contribution in [2.24, 2.45) is 29.6 Å². The first-order valence-electron chi connectivity index (χ1n) is 8.11. The molecule has 4 saturated carbocycles. The lowest BCUT2D eigenvalue weighted by Crippen LogP contribution is -2.48. The number of anilines is 2. The zero-order valence-electron chi connectivity index (χ0n) is 12.3. The molecule has 0 aromatic carbocycles. The highest BCUT2D eigenvalue weighted by molar-refractivity contribution is 5.65. The molecule has 4 aliphatic rings. The molecule has 0 spiro atoms. The van der Waals surface area contributed by atoms with E-state index in [0.717, 1.165) is 47.5 Å². The van der Waals surface area contributed by atoms with Crippen LogP contribution in [0.3, 0.4) is 0 Å². The zero-order chi connectivity index (χ0) is 13.7. The summed E-state index contributed by atoms with van der Waals surface area (Å²) in [5.41, 5.74) is 8.04. The molecule has 0 atom stereocenters. The summed E-state index contributed by atoms with van der Waals surface area (Å²) in [7, 11) is 2.18. The topological polar surface area (TPSA) is 42.2 Å². The van der Waals surface area contributed by atoms with Gasteiger partial charge in [-0.3, -0.25) is 4.98 Å². The molecular formula is C17H25N3. The third kappa shape index (κ3) is 1.99. The molecule has 4 bridgehead atoms. The van der Waals surface area contributed by atoms with Gasteiger partial charge in [-0.05, 0) is 67.8 Å². The number of nitrogens with zero attached hydrogens (tertiary/aromatic N) is 2. The maximum atomic E-state index is 6.09. The van der Waals surface area contributed by atoms with Crippen LogP contribution in [-0.2, 0) is 0 Å². The summed E-state index contributed by atoms with van der Waals surface area (Å²) in [6.07, 6.45) is 11.2. The lowest BCUT2D eigenvalue weighted by atomic mass is 9.52. The van der Waals surface area contributed by atoms with Crippen molar-refractivity contribution in [3.05, 3.63) is 18.5 Å². The second-order valence-electron chi connectivity index (χ2n) is 7.41. The first-order valence-corrected chi connectivity index (χ1v) is 8.11. The molecule has 3 heteroatoms. The second kappa shape index (κ2) is 4.64. The summed E-state index contributed by atoms with van der Waals surface area (Å²) in [4.78, 5) is 6.57. The standard InChI is InChI=1S/C17H25N3/c1-20(17-9-19-3-2-16(17)18)10-15-13-5-11-4-12(7-13)8-14(15)6-11/h2-3,9,11-15H,4-8,10H2,1H3,(H2,18,19). The number of nitrogen functional groups attached to an aromatic ring is 1. The minimum Gasteiger partial charge on any atom is -0.397 e. The molecule has 5 rings (SSSR count). The molecule has 1 aromatic heterocycles. The van der Waals surface area contributed by atoms with Gasteiger partial charge in [0.25, 0.3) is 0 Å². The fourth-order valence-corrected chi connectivity index (χ4v) is 5.47. The monoisotopic (exact) mass is 271 g/mol. The molecule has 3 nitrogen and oxygen atoms in total. The van der Waals surface area contributed by atoms with Gasteiger partial charge in [-0.1, -0.05) is 0 Å². The molecule has 108 valence electrons. The quantitative estimate of drug-likeness (QED) is 0.918. The van der Waals surface area contributed by atoms with Gasteiger partial charge in [0.2, 0.25) is 0 Å². The van der Waals surface area contributed by atoms with Crippen molar-refractivity contribution in [3.63, 3.8) is 0 Å². The van der Waals surface area contributed by atoms with E-state index in [1.807, 2.05) is 12.3 Å². The Kier molecular flexibility index (Phi) is 2.90. The van der Waals surface area contributed by atoms with E-state index < -0.39 is 0 Å². The Morgan fingerprint density at radius 2 is 1.80 bits per heavy atom. The SMILES string of the molecule is CN(CC1C2CC3CC(C2)CC1C3)c1cnccc1N. The van der Waals surface area contributed by atoms with E-state index in [-0.39, 0.29) is 0 Å². The van der Waals surface area contributed by atoms with Crippen molar-refractivity contribution in [1.82, 2.24) is 4.98 Å². The van der Waals surface area contributed by atoms with Gasteiger partial charge in [-0.15, -0.1) is 0 Å². The summed E-state index contributed by atoms with van der Waals surface area (Å²) < 4.78 is 0. The van der Waals surface area contributed by atoms with Gasteiger partial charge in [0, 0.05) is 19.8 Å². The van der Waals surface area contributed by atoms with Gasteiger partial charge < -0.3 is 10.6 Å². The van der Waals surface area contributed by atoms with Crippen LogP contribution in [0, 0.1) is 29.6 Å². The van der Waals surface area contributed by atoms with E-state index in [9.17, 15) is 0 Å². The Bertz CT molecular complexity index is 471. The Labute approximate surface area is 121 Å². The Hall–Kier alpha value is -1.25. The highest BCUT2D eigenvalue weighted by Gasteiger charge is 2.48. The van der Waals surface area contributed by atoms with Gasteiger partial charge in [0.05, 0.1) is 17.6 Å². The van der Waals surface area contributed by atoms with Crippen LogP contribution in [0.5, 0.6) is 0 Å². The molecular weight excluding hydrogens is 246 g/mol. The van der Waals surface area contributed by atoms with Crippen LogP contribution in [-0.4, -0.2) is 18.6 Å². The van der Waals surface area contributed by atoms with Gasteiger partial charge >= 0.3 is 0 Å². The van der Waals surface area contributed by atoms with Crippen LogP contribution in [0.15, 0.2) is 18.5 Å². The summed E-state index contributed by atoms with van der Waals surface area (Å²) in [5, 5.41) is 0.